The summed E-state index contributed by atoms with van der Waals surface area (Å²) in [6.07, 6.45) is 0. The summed E-state index contributed by atoms with van der Waals surface area (Å²) in [6, 6.07) is 10.5. The summed E-state index contributed by atoms with van der Waals surface area (Å²) in [7, 11) is 3.32. The molecule has 2 aromatic rings. The van der Waals surface area contributed by atoms with Crippen LogP contribution in [-0.4, -0.2) is 43.6 Å². The second kappa shape index (κ2) is 11.5. The lowest BCUT2D eigenvalue weighted by molar-refractivity contribution is 0.0755. The fourth-order valence-corrected chi connectivity index (χ4v) is 3.08. The summed E-state index contributed by atoms with van der Waals surface area (Å²) in [4.78, 5) is 26.2. The van der Waals surface area contributed by atoms with Crippen LogP contribution in [0.4, 0.5) is 4.79 Å². The first-order valence-corrected chi connectivity index (χ1v) is 10.5. The van der Waals surface area contributed by atoms with Crippen molar-refractivity contribution in [2.75, 3.05) is 20.8 Å². The van der Waals surface area contributed by atoms with Crippen molar-refractivity contribution < 1.29 is 19.1 Å². The summed E-state index contributed by atoms with van der Waals surface area (Å²) < 4.78 is 10.8. The minimum absolute atomic E-state index is 0.0308. The van der Waals surface area contributed by atoms with E-state index < -0.39 is 0 Å². The molecule has 168 valence electrons. The van der Waals surface area contributed by atoms with Crippen molar-refractivity contribution in [2.45, 2.75) is 39.9 Å². The Hall–Kier alpha value is -2.93. The van der Waals surface area contributed by atoms with Gasteiger partial charge in [0.1, 0.15) is 0 Å². The molecule has 0 fully saturated rings. The van der Waals surface area contributed by atoms with Gasteiger partial charge in [-0.2, -0.15) is 0 Å². The number of amides is 3. The van der Waals surface area contributed by atoms with Crippen molar-refractivity contribution in [3.05, 3.63) is 58.1 Å². The molecule has 0 saturated carbocycles. The Labute approximate surface area is 188 Å². The summed E-state index contributed by atoms with van der Waals surface area (Å²) in [5.41, 5.74) is 2.30. The lowest BCUT2D eigenvalue weighted by atomic mass is 10.1. The van der Waals surface area contributed by atoms with Crippen LogP contribution < -0.4 is 20.1 Å². The molecule has 2 aromatic carbocycles. The fourth-order valence-electron chi connectivity index (χ4n) is 2.79. The third-order valence-corrected chi connectivity index (χ3v) is 5.06. The van der Waals surface area contributed by atoms with Crippen molar-refractivity contribution in [3.8, 4) is 11.5 Å². The molecule has 0 aliphatic heterocycles. The van der Waals surface area contributed by atoms with E-state index in [-0.39, 0.29) is 24.5 Å². The largest absolute Gasteiger partial charge is 0.493 e. The van der Waals surface area contributed by atoms with E-state index >= 15 is 0 Å². The zero-order valence-electron chi connectivity index (χ0n) is 18.6. The quantitative estimate of drug-likeness (QED) is 0.603. The molecule has 0 unspecified atom stereocenters. The van der Waals surface area contributed by atoms with Crippen molar-refractivity contribution in [1.29, 1.82) is 0 Å². The Kier molecular flexibility index (Phi) is 9.00. The Morgan fingerprint density at radius 2 is 1.68 bits per heavy atom. The highest BCUT2D eigenvalue weighted by atomic mass is 35.5. The highest BCUT2D eigenvalue weighted by molar-refractivity contribution is 6.32. The predicted octanol–water partition coefficient (Wildman–Crippen LogP) is 4.23. The van der Waals surface area contributed by atoms with Crippen LogP contribution >= 0.6 is 11.6 Å². The van der Waals surface area contributed by atoms with Gasteiger partial charge in [0.05, 0.1) is 18.7 Å². The number of urea groups is 1. The van der Waals surface area contributed by atoms with Crippen molar-refractivity contribution >= 4 is 23.5 Å². The Balaban J connectivity index is 1.88. The van der Waals surface area contributed by atoms with Crippen molar-refractivity contribution in [1.82, 2.24) is 15.5 Å². The van der Waals surface area contributed by atoms with Gasteiger partial charge in [-0.15, -0.1) is 0 Å². The Morgan fingerprint density at radius 1 is 1.06 bits per heavy atom. The van der Waals surface area contributed by atoms with Crippen LogP contribution in [0, 0.1) is 0 Å². The smallest absolute Gasteiger partial charge is 0.315 e. The van der Waals surface area contributed by atoms with Gasteiger partial charge in [0, 0.05) is 31.7 Å². The lowest BCUT2D eigenvalue weighted by Gasteiger charge is -2.21. The van der Waals surface area contributed by atoms with Crippen LogP contribution in [0.1, 0.15) is 42.3 Å². The average Bonchev–Trinajstić information content (AvgIpc) is 2.76. The number of nitrogens with zero attached hydrogens (tertiary/aromatic N) is 1. The fraction of sp³-hybridized carbons (Fsp3) is 0.391. The number of methoxy groups -OCH3 is 1. The third-order valence-electron chi connectivity index (χ3n) is 4.78. The van der Waals surface area contributed by atoms with Gasteiger partial charge in [-0.25, -0.2) is 4.79 Å². The van der Waals surface area contributed by atoms with E-state index in [0.29, 0.717) is 35.2 Å². The average molecular weight is 448 g/mol. The van der Waals surface area contributed by atoms with Crippen LogP contribution in [0.3, 0.4) is 0 Å². The van der Waals surface area contributed by atoms with Crippen LogP contribution in [0.5, 0.6) is 11.5 Å². The molecule has 31 heavy (non-hydrogen) atoms. The maximum Gasteiger partial charge on any atom is 0.315 e. The van der Waals surface area contributed by atoms with Gasteiger partial charge in [0.2, 0.25) is 0 Å². The summed E-state index contributed by atoms with van der Waals surface area (Å²) in [5, 5.41) is 6.02. The molecule has 0 radical (unpaired) electrons. The molecule has 0 aliphatic carbocycles. The maximum absolute atomic E-state index is 12.3. The van der Waals surface area contributed by atoms with Crippen LogP contribution in [0.2, 0.25) is 5.02 Å². The second-order valence-electron chi connectivity index (χ2n) is 7.28. The molecule has 2 rings (SSSR count). The number of rotatable bonds is 9. The molecule has 0 atom stereocenters. The van der Waals surface area contributed by atoms with Gasteiger partial charge in [-0.3, -0.25) is 4.79 Å². The summed E-state index contributed by atoms with van der Waals surface area (Å²) in [5.74, 6) is 0.974. The van der Waals surface area contributed by atoms with E-state index in [2.05, 4.69) is 10.6 Å². The number of hydrogen-bond donors (Lipinski definition) is 2. The molecule has 8 heteroatoms. The first kappa shape index (κ1) is 24.3. The van der Waals surface area contributed by atoms with Crippen LogP contribution in [0.15, 0.2) is 36.4 Å². The highest BCUT2D eigenvalue weighted by Gasteiger charge is 2.14. The molecule has 0 saturated heterocycles. The molecule has 2 N–H and O–H groups in total. The van der Waals surface area contributed by atoms with Crippen LogP contribution in [0.25, 0.3) is 0 Å². The number of hydrogen-bond acceptors (Lipinski definition) is 4. The molecule has 0 aliphatic rings. The number of ether oxygens (including phenoxy) is 2. The van der Waals surface area contributed by atoms with E-state index in [9.17, 15) is 9.59 Å². The monoisotopic (exact) mass is 447 g/mol. The molecule has 0 heterocycles. The number of carbonyl (C=O) groups is 2. The molecule has 0 aromatic heterocycles. The normalized spacial score (nSPS) is 10.5. The number of carbonyl (C=O) groups excluding carboxylic acids is 2. The zero-order chi connectivity index (χ0) is 23.0. The van der Waals surface area contributed by atoms with Crippen molar-refractivity contribution in [2.24, 2.45) is 0 Å². The topological polar surface area (TPSA) is 79.9 Å². The summed E-state index contributed by atoms with van der Waals surface area (Å²) >= 11 is 6.26. The predicted molar refractivity (Wildman–Crippen MR) is 122 cm³/mol. The SMILES string of the molecule is CCOc1c(Cl)cc(CNC(=O)NCc2ccc(C(=O)N(C)C(C)C)cc2)cc1OC. The molecule has 0 spiro atoms. The number of benzene rings is 2. The lowest BCUT2D eigenvalue weighted by Crippen LogP contribution is -2.34. The molecular weight excluding hydrogens is 418 g/mol. The Morgan fingerprint density at radius 3 is 2.23 bits per heavy atom. The maximum atomic E-state index is 12.3. The molecule has 0 bridgehead atoms. The first-order valence-electron chi connectivity index (χ1n) is 10.1. The number of halogens is 1. The molecule has 7 nitrogen and oxygen atoms in total. The third kappa shape index (κ3) is 6.79. The second-order valence-corrected chi connectivity index (χ2v) is 7.69. The van der Waals surface area contributed by atoms with Gasteiger partial charge >= 0.3 is 6.03 Å². The van der Waals surface area contributed by atoms with Gasteiger partial charge in [0.15, 0.2) is 11.5 Å². The first-order chi connectivity index (χ1) is 14.8. The standard InChI is InChI=1S/C23H30ClN3O4/c1-6-31-21-19(24)11-17(12-20(21)30-5)14-26-23(29)25-13-16-7-9-18(10-8-16)22(28)27(4)15(2)3/h7-12,15H,6,13-14H2,1-5H3,(H2,25,26,29). The van der Waals surface area contributed by atoms with Gasteiger partial charge in [-0.05, 0) is 56.2 Å². The highest BCUT2D eigenvalue weighted by Crippen LogP contribution is 2.36. The van der Waals surface area contributed by atoms with E-state index in [0.717, 1.165) is 11.1 Å². The Bertz CT molecular complexity index is 900. The molecule has 3 amide bonds. The van der Waals surface area contributed by atoms with Crippen molar-refractivity contribution in [3.63, 3.8) is 0 Å². The van der Waals surface area contributed by atoms with E-state index in [4.69, 9.17) is 21.1 Å². The van der Waals surface area contributed by atoms with Crippen LogP contribution in [-0.2, 0) is 13.1 Å². The molecular formula is C23H30ClN3O4. The van der Waals surface area contributed by atoms with E-state index in [1.807, 2.05) is 32.9 Å². The van der Waals surface area contributed by atoms with E-state index in [1.54, 1.807) is 36.2 Å². The zero-order valence-corrected chi connectivity index (χ0v) is 19.4. The minimum atomic E-state index is -0.316. The minimum Gasteiger partial charge on any atom is -0.493 e. The summed E-state index contributed by atoms with van der Waals surface area (Å²) in [6.45, 7) is 6.89. The van der Waals surface area contributed by atoms with Gasteiger partial charge < -0.3 is 25.0 Å². The van der Waals surface area contributed by atoms with E-state index in [1.165, 1.54) is 7.11 Å². The van der Waals surface area contributed by atoms with Gasteiger partial charge in [-0.1, -0.05) is 23.7 Å². The van der Waals surface area contributed by atoms with Gasteiger partial charge in [0.25, 0.3) is 5.91 Å². The number of nitrogens with one attached hydrogen (secondary N) is 2.